The maximum absolute atomic E-state index is 12.9. The third kappa shape index (κ3) is 5.96. The van der Waals surface area contributed by atoms with Crippen LogP contribution >= 0.6 is 0 Å². The van der Waals surface area contributed by atoms with Gasteiger partial charge < -0.3 is 24.5 Å². The van der Waals surface area contributed by atoms with E-state index >= 15 is 0 Å². The molecule has 0 fully saturated rings. The average Bonchev–Trinajstić information content (AvgIpc) is 3.25. The molecule has 2 N–H and O–H groups in total. The number of methoxy groups -OCH3 is 1. The zero-order valence-corrected chi connectivity index (χ0v) is 18.1. The molecule has 31 heavy (non-hydrogen) atoms. The highest BCUT2D eigenvalue weighted by Crippen LogP contribution is 2.28. The Balaban J connectivity index is 1.97. The normalized spacial score (nSPS) is 16.3. The molecule has 2 aromatic rings. The van der Waals surface area contributed by atoms with Crippen LogP contribution in [-0.4, -0.2) is 50.3 Å². The van der Waals surface area contributed by atoms with Crippen LogP contribution in [0.15, 0.2) is 58.3 Å². The highest BCUT2D eigenvalue weighted by molar-refractivity contribution is 5.95. The predicted molar refractivity (Wildman–Crippen MR) is 115 cm³/mol. The number of carbonyl (C=O) groups excluding carboxylic acids is 2. The van der Waals surface area contributed by atoms with E-state index < -0.39 is 12.0 Å². The number of hydrogen-bond acceptors (Lipinski definition) is 6. The van der Waals surface area contributed by atoms with Crippen molar-refractivity contribution in [3.05, 3.63) is 70.8 Å². The molecular formula is C23H29N3O5. The van der Waals surface area contributed by atoms with Crippen molar-refractivity contribution < 1.29 is 23.5 Å². The van der Waals surface area contributed by atoms with E-state index in [1.54, 1.807) is 20.3 Å². The number of furan rings is 1. The fourth-order valence-electron chi connectivity index (χ4n) is 3.48. The van der Waals surface area contributed by atoms with Crippen molar-refractivity contribution >= 4 is 12.0 Å². The van der Waals surface area contributed by atoms with Crippen LogP contribution in [0.5, 0.6) is 0 Å². The van der Waals surface area contributed by atoms with Gasteiger partial charge in [-0.3, -0.25) is 4.90 Å². The van der Waals surface area contributed by atoms with Gasteiger partial charge in [-0.15, -0.1) is 0 Å². The quantitative estimate of drug-likeness (QED) is 0.567. The van der Waals surface area contributed by atoms with Crippen LogP contribution in [0.2, 0.25) is 0 Å². The molecule has 1 aromatic heterocycles. The van der Waals surface area contributed by atoms with E-state index in [1.807, 2.05) is 43.3 Å². The molecule has 0 saturated heterocycles. The molecule has 0 spiro atoms. The Hall–Kier alpha value is -3.10. The fraction of sp³-hybridized carbons (Fsp3) is 0.391. The van der Waals surface area contributed by atoms with Crippen LogP contribution < -0.4 is 10.6 Å². The summed E-state index contributed by atoms with van der Waals surface area (Å²) in [4.78, 5) is 27.5. The van der Waals surface area contributed by atoms with Gasteiger partial charge >= 0.3 is 12.0 Å². The number of rotatable bonds is 10. The Morgan fingerprint density at radius 3 is 2.61 bits per heavy atom. The Morgan fingerprint density at radius 1 is 1.19 bits per heavy atom. The van der Waals surface area contributed by atoms with E-state index in [1.165, 1.54) is 0 Å². The summed E-state index contributed by atoms with van der Waals surface area (Å²) in [6, 6.07) is 10.5. The molecule has 0 aliphatic carbocycles. The van der Waals surface area contributed by atoms with Gasteiger partial charge in [-0.05, 0) is 31.5 Å². The number of nitrogens with zero attached hydrogens (tertiary/aromatic N) is 1. The molecule has 1 aliphatic heterocycles. The summed E-state index contributed by atoms with van der Waals surface area (Å²) in [7, 11) is 1.63. The van der Waals surface area contributed by atoms with Crippen LogP contribution in [-0.2, 0) is 20.8 Å². The van der Waals surface area contributed by atoms with Gasteiger partial charge in [0.2, 0.25) is 0 Å². The number of urea groups is 1. The largest absolute Gasteiger partial charge is 0.468 e. The molecule has 166 valence electrons. The van der Waals surface area contributed by atoms with Gasteiger partial charge in [0.25, 0.3) is 0 Å². The first-order chi connectivity index (χ1) is 15.0. The van der Waals surface area contributed by atoms with Crippen molar-refractivity contribution in [3.63, 3.8) is 0 Å². The molecule has 0 bridgehead atoms. The molecule has 1 aromatic carbocycles. The molecule has 2 amide bonds. The van der Waals surface area contributed by atoms with Crippen molar-refractivity contribution in [1.82, 2.24) is 15.5 Å². The first-order valence-corrected chi connectivity index (χ1v) is 10.3. The van der Waals surface area contributed by atoms with E-state index in [0.717, 1.165) is 16.9 Å². The standard InChI is InChI=1S/C23H29N3O5/c1-4-30-22(27)20-19(15-26(11-13-29-3)14-18-6-5-12-31-18)24-23(28)25-21(20)17-9-7-16(2)8-10-17/h5-10,12,21H,4,11,13-15H2,1-3H3,(H2,24,25,28)/t21-/m0/s1. The first-order valence-electron chi connectivity index (χ1n) is 10.3. The monoisotopic (exact) mass is 427 g/mol. The van der Waals surface area contributed by atoms with Gasteiger partial charge in [-0.1, -0.05) is 29.8 Å². The topological polar surface area (TPSA) is 93.0 Å². The third-order valence-corrected chi connectivity index (χ3v) is 5.01. The molecule has 1 atom stereocenters. The molecule has 1 aliphatic rings. The summed E-state index contributed by atoms with van der Waals surface area (Å²) >= 11 is 0. The van der Waals surface area contributed by atoms with Crippen LogP contribution in [0.1, 0.15) is 29.9 Å². The minimum atomic E-state index is -0.601. The number of esters is 1. The molecule has 8 heteroatoms. The zero-order valence-electron chi connectivity index (χ0n) is 18.1. The number of aryl methyl sites for hydroxylation is 1. The van der Waals surface area contributed by atoms with E-state index in [9.17, 15) is 9.59 Å². The predicted octanol–water partition coefficient (Wildman–Crippen LogP) is 2.91. The summed E-state index contributed by atoms with van der Waals surface area (Å²) < 4.78 is 16.1. The third-order valence-electron chi connectivity index (χ3n) is 5.01. The lowest BCUT2D eigenvalue weighted by atomic mass is 9.94. The number of amides is 2. The van der Waals surface area contributed by atoms with Crippen LogP contribution in [0.3, 0.4) is 0 Å². The maximum Gasteiger partial charge on any atom is 0.338 e. The van der Waals surface area contributed by atoms with Gasteiger partial charge in [-0.25, -0.2) is 9.59 Å². The smallest absolute Gasteiger partial charge is 0.338 e. The van der Waals surface area contributed by atoms with Crippen molar-refractivity contribution in [2.75, 3.05) is 33.4 Å². The van der Waals surface area contributed by atoms with Gasteiger partial charge in [0.1, 0.15) is 5.76 Å². The molecule has 0 saturated carbocycles. The Bertz CT molecular complexity index is 906. The van der Waals surface area contributed by atoms with Gasteiger partial charge in [0.15, 0.2) is 0 Å². The Labute approximate surface area is 182 Å². The second-order valence-corrected chi connectivity index (χ2v) is 7.34. The van der Waals surface area contributed by atoms with Crippen LogP contribution in [0.25, 0.3) is 0 Å². The second kappa shape index (κ2) is 10.8. The number of benzene rings is 1. The molecular weight excluding hydrogens is 398 g/mol. The minimum Gasteiger partial charge on any atom is -0.468 e. The minimum absolute atomic E-state index is 0.240. The lowest BCUT2D eigenvalue weighted by Crippen LogP contribution is -2.48. The lowest BCUT2D eigenvalue weighted by Gasteiger charge is -2.32. The second-order valence-electron chi connectivity index (χ2n) is 7.34. The first kappa shape index (κ1) is 22.6. The zero-order chi connectivity index (χ0) is 22.2. The highest BCUT2D eigenvalue weighted by atomic mass is 16.5. The van der Waals surface area contributed by atoms with E-state index in [0.29, 0.717) is 37.5 Å². The van der Waals surface area contributed by atoms with Gasteiger partial charge in [-0.2, -0.15) is 0 Å². The highest BCUT2D eigenvalue weighted by Gasteiger charge is 2.34. The van der Waals surface area contributed by atoms with E-state index in [2.05, 4.69) is 15.5 Å². The lowest BCUT2D eigenvalue weighted by molar-refractivity contribution is -0.139. The summed E-state index contributed by atoms with van der Waals surface area (Å²) in [5.41, 5.74) is 2.81. The van der Waals surface area contributed by atoms with Crippen LogP contribution in [0.4, 0.5) is 4.79 Å². The summed E-state index contributed by atoms with van der Waals surface area (Å²) in [6.45, 7) is 5.91. The summed E-state index contributed by atoms with van der Waals surface area (Å²) in [6.07, 6.45) is 1.62. The molecule has 0 unspecified atom stereocenters. The number of hydrogen-bond donors (Lipinski definition) is 2. The number of ether oxygens (including phenoxy) is 2. The molecule has 0 radical (unpaired) electrons. The SMILES string of the molecule is CCOC(=O)C1=C(CN(CCOC)Cc2ccco2)NC(=O)N[C@H]1c1ccc(C)cc1. The van der Waals surface area contributed by atoms with Crippen LogP contribution in [0, 0.1) is 6.92 Å². The van der Waals surface area contributed by atoms with Gasteiger partial charge in [0.05, 0.1) is 37.6 Å². The molecule has 2 heterocycles. The Kier molecular flexibility index (Phi) is 7.86. The van der Waals surface area contributed by atoms with Crippen molar-refractivity contribution in [2.24, 2.45) is 0 Å². The van der Waals surface area contributed by atoms with E-state index in [4.69, 9.17) is 13.9 Å². The summed E-state index contributed by atoms with van der Waals surface area (Å²) in [5.74, 6) is 0.324. The molecule has 8 nitrogen and oxygen atoms in total. The van der Waals surface area contributed by atoms with Crippen molar-refractivity contribution in [3.8, 4) is 0 Å². The molecule has 3 rings (SSSR count). The summed E-state index contributed by atoms with van der Waals surface area (Å²) in [5, 5.41) is 5.68. The fourth-order valence-corrected chi connectivity index (χ4v) is 3.48. The Morgan fingerprint density at radius 2 is 1.97 bits per heavy atom. The van der Waals surface area contributed by atoms with Gasteiger partial charge in [0, 0.05) is 25.9 Å². The van der Waals surface area contributed by atoms with Crippen molar-refractivity contribution in [1.29, 1.82) is 0 Å². The number of carbonyl (C=O) groups is 2. The maximum atomic E-state index is 12.9. The average molecular weight is 428 g/mol. The van der Waals surface area contributed by atoms with Crippen molar-refractivity contribution in [2.45, 2.75) is 26.4 Å². The van der Waals surface area contributed by atoms with E-state index in [-0.39, 0.29) is 12.6 Å². The number of nitrogens with one attached hydrogen (secondary N) is 2.